The summed E-state index contributed by atoms with van der Waals surface area (Å²) in [4.78, 5) is 16.6. The van der Waals surface area contributed by atoms with Crippen LogP contribution in [0.1, 0.15) is 38.5 Å². The van der Waals surface area contributed by atoms with E-state index in [1.54, 1.807) is 6.20 Å². The van der Waals surface area contributed by atoms with E-state index >= 15 is 0 Å². The van der Waals surface area contributed by atoms with Gasteiger partial charge in [-0.15, -0.1) is 11.8 Å². The van der Waals surface area contributed by atoms with E-state index in [1.165, 1.54) is 24.6 Å². The van der Waals surface area contributed by atoms with Crippen LogP contribution in [0, 0.1) is 5.92 Å². The lowest BCUT2D eigenvalue weighted by Gasteiger charge is -2.18. The number of aromatic nitrogens is 1. The van der Waals surface area contributed by atoms with Crippen LogP contribution in [0.2, 0.25) is 5.02 Å². The number of hydrogen-bond acceptors (Lipinski definition) is 5. The summed E-state index contributed by atoms with van der Waals surface area (Å²) in [7, 11) is 0. The first kappa shape index (κ1) is 17.0. The Morgan fingerprint density at radius 2 is 2.12 bits per heavy atom. The molecule has 4 nitrogen and oxygen atoms in total. The monoisotopic (exact) mass is 377 g/mol. The van der Waals surface area contributed by atoms with Gasteiger partial charge in [0.05, 0.1) is 11.9 Å². The van der Waals surface area contributed by atoms with Gasteiger partial charge in [0.25, 0.3) is 0 Å². The number of nitrogens with zero attached hydrogens (tertiary/aromatic N) is 1. The van der Waals surface area contributed by atoms with Crippen LogP contribution in [-0.4, -0.2) is 21.8 Å². The topological polar surface area (TPSA) is 52.3 Å². The van der Waals surface area contributed by atoms with Gasteiger partial charge >= 0.3 is 5.97 Å². The van der Waals surface area contributed by atoms with Crippen molar-refractivity contribution in [3.8, 4) is 11.3 Å². The Hall–Kier alpha value is -1.46. The summed E-state index contributed by atoms with van der Waals surface area (Å²) in [5, 5.41) is 0.466. The van der Waals surface area contributed by atoms with E-state index in [0.717, 1.165) is 18.4 Å². The molecule has 2 aliphatic rings. The van der Waals surface area contributed by atoms with E-state index in [9.17, 15) is 4.79 Å². The normalized spacial score (nSPS) is 19.4. The minimum absolute atomic E-state index is 0.112. The molecule has 1 unspecified atom stereocenters. The average molecular weight is 378 g/mol. The molecule has 1 aromatic carbocycles. The highest BCUT2D eigenvalue weighted by molar-refractivity contribution is 7.99. The standard InChI is InChI=1S/C19H20ClNO3S/c1-12(18(22)24-19(8-9-19)14-4-5-14)25-11-17-21-10-16(23-17)13-2-6-15(20)7-3-13/h2-3,6-7,10,12,14H,4-5,8-9,11H2,1H3. The van der Waals surface area contributed by atoms with Crippen molar-refractivity contribution in [2.24, 2.45) is 5.92 Å². The van der Waals surface area contributed by atoms with Gasteiger partial charge in [-0.1, -0.05) is 11.6 Å². The molecule has 6 heteroatoms. The average Bonchev–Trinajstić information content (AvgIpc) is 3.52. The second-order valence-electron chi connectivity index (χ2n) is 6.84. The highest BCUT2D eigenvalue weighted by atomic mass is 35.5. The van der Waals surface area contributed by atoms with Gasteiger partial charge in [-0.2, -0.15) is 0 Å². The van der Waals surface area contributed by atoms with Crippen molar-refractivity contribution in [2.75, 3.05) is 0 Å². The molecular weight excluding hydrogens is 358 g/mol. The lowest BCUT2D eigenvalue weighted by Crippen LogP contribution is -2.27. The van der Waals surface area contributed by atoms with Gasteiger partial charge in [-0.3, -0.25) is 4.79 Å². The Balaban J connectivity index is 1.30. The number of benzene rings is 1. The summed E-state index contributed by atoms with van der Waals surface area (Å²) >= 11 is 7.40. The van der Waals surface area contributed by atoms with Crippen molar-refractivity contribution < 1.29 is 13.9 Å². The SMILES string of the molecule is CC(SCc1ncc(-c2ccc(Cl)cc2)o1)C(=O)OC1(C2CC2)CC1. The van der Waals surface area contributed by atoms with Crippen molar-refractivity contribution in [2.45, 2.75) is 49.2 Å². The van der Waals surface area contributed by atoms with Crippen LogP contribution in [0.5, 0.6) is 0 Å². The zero-order valence-corrected chi connectivity index (χ0v) is 15.6. The Bertz CT molecular complexity index is 765. The van der Waals surface area contributed by atoms with Gasteiger partial charge < -0.3 is 9.15 Å². The fraction of sp³-hybridized carbons (Fsp3) is 0.474. The first-order chi connectivity index (χ1) is 12.1. The lowest BCUT2D eigenvalue weighted by molar-refractivity contribution is -0.151. The predicted octanol–water partition coefficient (Wildman–Crippen LogP) is 5.10. The molecule has 132 valence electrons. The van der Waals surface area contributed by atoms with Gasteiger partial charge in [0.1, 0.15) is 10.9 Å². The number of hydrogen-bond donors (Lipinski definition) is 0. The Kier molecular flexibility index (Phi) is 4.54. The van der Waals surface area contributed by atoms with Gasteiger partial charge in [-0.25, -0.2) is 4.98 Å². The molecule has 0 radical (unpaired) electrons. The number of halogens is 1. The van der Waals surface area contributed by atoms with Gasteiger partial charge in [0.15, 0.2) is 5.76 Å². The van der Waals surface area contributed by atoms with Crippen LogP contribution in [0.3, 0.4) is 0 Å². The van der Waals surface area contributed by atoms with E-state index < -0.39 is 0 Å². The number of esters is 1. The van der Waals surface area contributed by atoms with Crippen LogP contribution in [0.25, 0.3) is 11.3 Å². The highest BCUT2D eigenvalue weighted by Gasteiger charge is 2.57. The second-order valence-corrected chi connectivity index (χ2v) is 8.60. The van der Waals surface area contributed by atoms with Gasteiger partial charge in [0, 0.05) is 10.6 Å². The quantitative estimate of drug-likeness (QED) is 0.628. The minimum atomic E-state index is -0.220. The molecule has 0 N–H and O–H groups in total. The molecular formula is C19H20ClNO3S. The first-order valence-corrected chi connectivity index (χ1v) is 10.0. The number of thioether (sulfide) groups is 1. The summed E-state index contributed by atoms with van der Waals surface area (Å²) in [5.41, 5.74) is 0.817. The van der Waals surface area contributed by atoms with Crippen LogP contribution in [-0.2, 0) is 15.3 Å². The van der Waals surface area contributed by atoms with E-state index in [0.29, 0.717) is 28.3 Å². The molecule has 2 aliphatic carbocycles. The van der Waals surface area contributed by atoms with Crippen molar-refractivity contribution >= 4 is 29.3 Å². The third-order valence-electron chi connectivity index (χ3n) is 4.84. The summed E-state index contributed by atoms with van der Waals surface area (Å²) in [6.45, 7) is 1.89. The fourth-order valence-corrected chi connectivity index (χ4v) is 3.83. The molecule has 0 aliphatic heterocycles. The third-order valence-corrected chi connectivity index (χ3v) is 6.20. The summed E-state index contributed by atoms with van der Waals surface area (Å²) in [6, 6.07) is 7.43. The fourth-order valence-electron chi connectivity index (χ4n) is 3.00. The smallest absolute Gasteiger partial charge is 0.319 e. The molecule has 4 rings (SSSR count). The minimum Gasteiger partial charge on any atom is -0.458 e. The van der Waals surface area contributed by atoms with Crippen LogP contribution < -0.4 is 0 Å². The Morgan fingerprint density at radius 1 is 1.40 bits per heavy atom. The molecule has 1 heterocycles. The molecule has 0 bridgehead atoms. The second kappa shape index (κ2) is 6.69. The van der Waals surface area contributed by atoms with Crippen molar-refractivity contribution in [1.29, 1.82) is 0 Å². The summed E-state index contributed by atoms with van der Waals surface area (Å²) in [5.74, 6) is 2.35. The molecule has 2 saturated carbocycles. The highest BCUT2D eigenvalue weighted by Crippen LogP contribution is 2.56. The maximum atomic E-state index is 12.3. The van der Waals surface area contributed by atoms with Crippen LogP contribution in [0.15, 0.2) is 34.9 Å². The maximum absolute atomic E-state index is 12.3. The number of oxazole rings is 1. The van der Waals surface area contributed by atoms with Crippen LogP contribution >= 0.6 is 23.4 Å². The van der Waals surface area contributed by atoms with Gasteiger partial charge in [-0.05, 0) is 62.8 Å². The number of ether oxygens (including phenoxy) is 1. The molecule has 1 atom stereocenters. The Morgan fingerprint density at radius 3 is 2.76 bits per heavy atom. The molecule has 2 aromatic rings. The predicted molar refractivity (Wildman–Crippen MR) is 98.5 cm³/mol. The number of carbonyl (C=O) groups excluding carboxylic acids is 1. The maximum Gasteiger partial charge on any atom is 0.319 e. The Labute approximate surface area is 156 Å². The van der Waals surface area contributed by atoms with E-state index in [1.807, 2.05) is 31.2 Å². The lowest BCUT2D eigenvalue weighted by atomic mass is 10.2. The molecule has 2 fully saturated rings. The third kappa shape index (κ3) is 3.87. The number of rotatable bonds is 7. The molecule has 1 aromatic heterocycles. The zero-order chi connectivity index (χ0) is 17.4. The summed E-state index contributed by atoms with van der Waals surface area (Å²) < 4.78 is 11.6. The van der Waals surface area contributed by atoms with E-state index in [2.05, 4.69) is 4.98 Å². The zero-order valence-electron chi connectivity index (χ0n) is 14.0. The molecule has 0 amide bonds. The van der Waals surface area contributed by atoms with Crippen molar-refractivity contribution in [1.82, 2.24) is 4.98 Å². The van der Waals surface area contributed by atoms with Crippen LogP contribution in [0.4, 0.5) is 0 Å². The van der Waals surface area contributed by atoms with E-state index in [4.69, 9.17) is 20.8 Å². The van der Waals surface area contributed by atoms with Crippen molar-refractivity contribution in [3.05, 3.63) is 41.4 Å². The summed E-state index contributed by atoms with van der Waals surface area (Å²) in [6.07, 6.45) is 6.18. The van der Waals surface area contributed by atoms with Crippen molar-refractivity contribution in [3.63, 3.8) is 0 Å². The molecule has 25 heavy (non-hydrogen) atoms. The van der Waals surface area contributed by atoms with E-state index in [-0.39, 0.29) is 16.8 Å². The molecule has 0 saturated heterocycles. The van der Waals surface area contributed by atoms with Gasteiger partial charge in [0.2, 0.25) is 5.89 Å². The largest absolute Gasteiger partial charge is 0.458 e. The molecule has 0 spiro atoms. The number of carbonyl (C=O) groups is 1. The first-order valence-electron chi connectivity index (χ1n) is 8.61.